The zero-order valence-corrected chi connectivity index (χ0v) is 15.7. The van der Waals surface area contributed by atoms with Crippen LogP contribution in [0.15, 0.2) is 36.4 Å². The van der Waals surface area contributed by atoms with Gasteiger partial charge >= 0.3 is 6.10 Å². The number of hydrogen-bond donors (Lipinski definition) is 5. The van der Waals surface area contributed by atoms with E-state index in [9.17, 15) is 5.11 Å². The summed E-state index contributed by atoms with van der Waals surface area (Å²) in [5.74, 6) is 0.835. The maximum absolute atomic E-state index is 10.3. The fourth-order valence-corrected chi connectivity index (χ4v) is 3.50. The van der Waals surface area contributed by atoms with Crippen molar-refractivity contribution in [2.24, 2.45) is 5.92 Å². The van der Waals surface area contributed by atoms with Gasteiger partial charge in [0.15, 0.2) is 0 Å². The number of hydrogen-bond acceptors (Lipinski definition) is 7. The number of benzene rings is 1. The second-order valence-electron chi connectivity index (χ2n) is 7.36. The van der Waals surface area contributed by atoms with Gasteiger partial charge in [-0.3, -0.25) is 0 Å². The Morgan fingerprint density at radius 3 is 2.43 bits per heavy atom. The van der Waals surface area contributed by atoms with Gasteiger partial charge in [-0.2, -0.15) is 5.10 Å². The molecule has 2 aromatic rings. The average Bonchev–Trinajstić information content (AvgIpc) is 3.03. The summed E-state index contributed by atoms with van der Waals surface area (Å²) in [4.78, 5) is 0. The molecule has 1 aliphatic rings. The Morgan fingerprint density at radius 1 is 1.11 bits per heavy atom. The molecule has 0 aliphatic heterocycles. The molecule has 0 amide bonds. The van der Waals surface area contributed by atoms with Crippen LogP contribution in [-0.2, 0) is 18.8 Å². The van der Waals surface area contributed by atoms with Crippen LogP contribution in [-0.4, -0.2) is 44.1 Å². The van der Waals surface area contributed by atoms with Crippen LogP contribution in [0.4, 0.5) is 0 Å². The monoisotopic (exact) mass is 387 g/mol. The molecule has 0 spiro atoms. The van der Waals surface area contributed by atoms with Gasteiger partial charge in [-0.25, -0.2) is 10.00 Å². The van der Waals surface area contributed by atoms with Gasteiger partial charge in [0.05, 0.1) is 0 Å². The third-order valence-electron chi connectivity index (χ3n) is 4.88. The minimum atomic E-state index is -3.36. The third kappa shape index (κ3) is 5.79. The summed E-state index contributed by atoms with van der Waals surface area (Å²) in [5, 5.41) is 43.6. The molecule has 1 aromatic heterocycles. The van der Waals surface area contributed by atoms with Gasteiger partial charge in [-0.1, -0.05) is 49.6 Å². The maximum atomic E-state index is 10.3. The van der Waals surface area contributed by atoms with Crippen LogP contribution in [0.3, 0.4) is 0 Å². The van der Waals surface area contributed by atoms with E-state index in [1.165, 1.54) is 25.3 Å². The molecule has 1 fully saturated rings. The highest BCUT2D eigenvalue weighted by Gasteiger charge is 2.35. The number of rotatable bonds is 8. The zero-order valence-electron chi connectivity index (χ0n) is 15.7. The first-order chi connectivity index (χ1) is 13.2. The molecule has 8 nitrogen and oxygen atoms in total. The number of aliphatic hydroxyl groups is 4. The van der Waals surface area contributed by atoms with E-state index in [1.807, 2.05) is 30.3 Å². The zero-order chi connectivity index (χ0) is 20.2. The van der Waals surface area contributed by atoms with Crippen molar-refractivity contribution in [3.8, 4) is 5.88 Å². The molecule has 1 saturated carbocycles. The highest BCUT2D eigenvalue weighted by molar-refractivity contribution is 6.14. The van der Waals surface area contributed by atoms with Crippen LogP contribution >= 0.6 is 0 Å². The lowest BCUT2D eigenvalue weighted by Gasteiger charge is -2.28. The molecule has 5 N–H and O–H groups in total. The van der Waals surface area contributed by atoms with Crippen LogP contribution in [0.2, 0.25) is 0 Å². The Balaban J connectivity index is 1.81. The van der Waals surface area contributed by atoms with Gasteiger partial charge in [-0.15, -0.1) is 0 Å². The molecule has 2 radical (unpaired) electrons. The van der Waals surface area contributed by atoms with Crippen molar-refractivity contribution < 1.29 is 25.2 Å². The summed E-state index contributed by atoms with van der Waals surface area (Å²) in [5.41, 5.74) is -1.61. The molecule has 3 rings (SSSR count). The second-order valence-corrected chi connectivity index (χ2v) is 7.36. The Kier molecular flexibility index (Phi) is 6.41. The standard InChI is InChI=1S/C19H26BN3O5/c20-18(24,22-19(25,26)27)16-11-17(28-13-15-9-5-2-6-10-15)23(21-16)12-14-7-3-1-4-8-14/h2,5-6,9-11,14,22,24-27H,1,3-4,7-8,12-13H2. The number of nitrogens with zero attached hydrogens (tertiary/aromatic N) is 2. The van der Waals surface area contributed by atoms with Gasteiger partial charge in [-0.05, 0) is 24.3 Å². The minimum Gasteiger partial charge on any atom is -0.473 e. The van der Waals surface area contributed by atoms with Gasteiger partial charge in [0.2, 0.25) is 5.88 Å². The molecule has 1 unspecified atom stereocenters. The first-order valence-electron chi connectivity index (χ1n) is 9.46. The summed E-state index contributed by atoms with van der Waals surface area (Å²) >= 11 is 0. The summed E-state index contributed by atoms with van der Waals surface area (Å²) < 4.78 is 7.52. The molecule has 28 heavy (non-hydrogen) atoms. The van der Waals surface area contributed by atoms with E-state index in [1.54, 1.807) is 10.00 Å². The van der Waals surface area contributed by atoms with E-state index in [4.69, 9.17) is 27.9 Å². The number of ether oxygens (including phenoxy) is 1. The molecule has 9 heteroatoms. The highest BCUT2D eigenvalue weighted by Crippen LogP contribution is 2.28. The van der Waals surface area contributed by atoms with Crippen molar-refractivity contribution in [2.75, 3.05) is 0 Å². The Labute approximate surface area is 165 Å². The summed E-state index contributed by atoms with van der Waals surface area (Å²) in [6.45, 7) is 0.903. The molecular formula is C19H26BN3O5. The van der Waals surface area contributed by atoms with Gasteiger partial charge in [0.1, 0.15) is 25.8 Å². The van der Waals surface area contributed by atoms with Gasteiger partial charge in [0, 0.05) is 12.6 Å². The van der Waals surface area contributed by atoms with Gasteiger partial charge in [0.25, 0.3) is 0 Å². The van der Waals surface area contributed by atoms with E-state index in [0.29, 0.717) is 24.9 Å². The van der Waals surface area contributed by atoms with Crippen molar-refractivity contribution >= 4 is 7.85 Å². The molecule has 1 heterocycles. The number of aromatic nitrogens is 2. The summed E-state index contributed by atoms with van der Waals surface area (Å²) in [6.07, 6.45) is 2.39. The van der Waals surface area contributed by atoms with Crippen molar-refractivity contribution in [3.05, 3.63) is 47.7 Å². The predicted molar refractivity (Wildman–Crippen MR) is 102 cm³/mol. The summed E-state index contributed by atoms with van der Waals surface area (Å²) in [7, 11) is 5.68. The lowest BCUT2D eigenvalue weighted by atomic mass is 9.88. The van der Waals surface area contributed by atoms with Crippen LogP contribution < -0.4 is 10.1 Å². The topological polar surface area (TPSA) is 120 Å². The Morgan fingerprint density at radius 2 is 1.79 bits per heavy atom. The van der Waals surface area contributed by atoms with E-state index >= 15 is 0 Å². The van der Waals surface area contributed by atoms with Crippen molar-refractivity contribution in [1.29, 1.82) is 0 Å². The lowest BCUT2D eigenvalue weighted by Crippen LogP contribution is -2.57. The summed E-state index contributed by atoms with van der Waals surface area (Å²) in [6, 6.07) is 11.0. The molecule has 1 atom stereocenters. The lowest BCUT2D eigenvalue weighted by molar-refractivity contribution is -0.348. The van der Waals surface area contributed by atoms with E-state index in [2.05, 4.69) is 5.10 Å². The molecule has 0 bridgehead atoms. The normalized spacial score (nSPS) is 18.0. The van der Waals surface area contributed by atoms with Crippen molar-refractivity contribution in [2.45, 2.75) is 57.0 Å². The van der Waals surface area contributed by atoms with Crippen LogP contribution in [0.1, 0.15) is 43.4 Å². The molecule has 1 aromatic carbocycles. The SMILES string of the molecule is [B]C(O)(NC(O)(O)O)c1cc(OCc2ccccc2)n(CC2CCCCC2)n1. The maximum Gasteiger partial charge on any atom is 0.345 e. The fourth-order valence-electron chi connectivity index (χ4n) is 3.50. The Hall–Kier alpha value is -1.91. The minimum absolute atomic E-state index is 0.104. The smallest absolute Gasteiger partial charge is 0.345 e. The molecule has 150 valence electrons. The van der Waals surface area contributed by atoms with E-state index in [0.717, 1.165) is 18.4 Å². The van der Waals surface area contributed by atoms with Crippen LogP contribution in [0, 0.1) is 5.92 Å². The Bertz CT molecular complexity index is 755. The van der Waals surface area contributed by atoms with Crippen molar-refractivity contribution in [1.82, 2.24) is 15.1 Å². The average molecular weight is 387 g/mol. The predicted octanol–water partition coefficient (Wildman–Crippen LogP) is 0.491. The van der Waals surface area contributed by atoms with Gasteiger partial charge < -0.3 is 25.2 Å². The molecular weight excluding hydrogens is 361 g/mol. The molecule has 1 aliphatic carbocycles. The van der Waals surface area contributed by atoms with Crippen LogP contribution in [0.25, 0.3) is 0 Å². The number of nitrogens with one attached hydrogen (secondary N) is 1. The third-order valence-corrected chi connectivity index (χ3v) is 4.88. The molecule has 0 saturated heterocycles. The second kappa shape index (κ2) is 8.63. The largest absolute Gasteiger partial charge is 0.473 e. The van der Waals surface area contributed by atoms with Crippen molar-refractivity contribution in [3.63, 3.8) is 0 Å². The van der Waals surface area contributed by atoms with Crippen LogP contribution in [0.5, 0.6) is 5.88 Å². The first kappa shape index (κ1) is 20.8. The van der Waals surface area contributed by atoms with E-state index < -0.39 is 11.7 Å². The highest BCUT2D eigenvalue weighted by atomic mass is 16.7. The quantitative estimate of drug-likeness (QED) is 0.330. The first-order valence-corrected chi connectivity index (χ1v) is 9.46. The van der Waals surface area contributed by atoms with E-state index in [-0.39, 0.29) is 5.69 Å². The fraction of sp³-hybridized carbons (Fsp3) is 0.526.